The highest BCUT2D eigenvalue weighted by atomic mass is 32.2. The van der Waals surface area contributed by atoms with Gasteiger partial charge in [-0.3, -0.25) is 0 Å². The highest BCUT2D eigenvalue weighted by Crippen LogP contribution is 2.15. The van der Waals surface area contributed by atoms with Crippen LogP contribution in [-0.2, 0) is 14.8 Å². The minimum Gasteiger partial charge on any atom is -0.478 e. The fraction of sp³-hybridized carbons (Fsp3) is 0.364. The number of ether oxygens (including phenoxy) is 1. The van der Waals surface area contributed by atoms with Crippen LogP contribution in [0.5, 0.6) is 0 Å². The molecule has 0 heterocycles. The Hall–Kier alpha value is -1.51. The van der Waals surface area contributed by atoms with Gasteiger partial charge in [0.1, 0.15) is 10.7 Å². The van der Waals surface area contributed by atoms with Gasteiger partial charge in [-0.2, -0.15) is 0 Å². The van der Waals surface area contributed by atoms with Crippen LogP contribution in [-0.4, -0.2) is 39.3 Å². The van der Waals surface area contributed by atoms with E-state index >= 15 is 0 Å². The maximum atomic E-state index is 13.6. The molecule has 0 unspecified atom stereocenters. The van der Waals surface area contributed by atoms with Gasteiger partial charge in [0.05, 0.1) is 12.2 Å². The number of rotatable bonds is 7. The van der Waals surface area contributed by atoms with Gasteiger partial charge < -0.3 is 9.84 Å². The van der Waals surface area contributed by atoms with Crippen molar-refractivity contribution in [1.82, 2.24) is 4.72 Å². The Bertz CT molecular complexity index is 558. The van der Waals surface area contributed by atoms with Gasteiger partial charge >= 0.3 is 5.97 Å². The van der Waals surface area contributed by atoms with Crippen LogP contribution < -0.4 is 4.72 Å². The number of sulfonamides is 1. The molecular formula is C11H14FNO5S. The number of aromatic carboxylic acids is 1. The number of carboxylic acids is 1. The van der Waals surface area contributed by atoms with Crippen LogP contribution in [0, 0.1) is 5.82 Å². The molecule has 8 heteroatoms. The van der Waals surface area contributed by atoms with E-state index in [1.165, 1.54) is 0 Å². The van der Waals surface area contributed by atoms with Crippen molar-refractivity contribution in [2.45, 2.75) is 11.8 Å². The van der Waals surface area contributed by atoms with E-state index in [4.69, 9.17) is 9.84 Å². The summed E-state index contributed by atoms with van der Waals surface area (Å²) in [6.45, 7) is 2.39. The standard InChI is InChI=1S/C11H14FNO5S/c1-2-18-6-5-13-19(16,17)10-4-3-8(11(14)15)7-9(10)12/h3-4,7,13H,2,5-6H2,1H3,(H,14,15). The number of halogens is 1. The first-order valence-corrected chi connectivity index (χ1v) is 6.97. The summed E-state index contributed by atoms with van der Waals surface area (Å²) in [4.78, 5) is 10.0. The number of hydrogen-bond acceptors (Lipinski definition) is 4. The average molecular weight is 291 g/mol. The number of carboxylic acid groups (broad SMARTS) is 1. The van der Waals surface area contributed by atoms with Gasteiger partial charge in [0, 0.05) is 13.2 Å². The van der Waals surface area contributed by atoms with Crippen molar-refractivity contribution in [3.8, 4) is 0 Å². The molecule has 19 heavy (non-hydrogen) atoms. The van der Waals surface area contributed by atoms with Crippen LogP contribution in [0.4, 0.5) is 4.39 Å². The Balaban J connectivity index is 2.87. The monoisotopic (exact) mass is 291 g/mol. The van der Waals surface area contributed by atoms with E-state index in [0.717, 1.165) is 12.1 Å². The molecule has 0 aromatic heterocycles. The highest BCUT2D eigenvalue weighted by Gasteiger charge is 2.19. The fourth-order valence-electron chi connectivity index (χ4n) is 1.32. The van der Waals surface area contributed by atoms with E-state index in [1.54, 1.807) is 6.92 Å². The molecule has 0 aliphatic carbocycles. The average Bonchev–Trinajstić information content (AvgIpc) is 2.34. The molecule has 6 nitrogen and oxygen atoms in total. The van der Waals surface area contributed by atoms with Gasteiger partial charge in [-0.05, 0) is 25.1 Å². The van der Waals surface area contributed by atoms with E-state index in [-0.39, 0.29) is 18.7 Å². The summed E-state index contributed by atoms with van der Waals surface area (Å²) in [7, 11) is -4.01. The maximum Gasteiger partial charge on any atom is 0.335 e. The highest BCUT2D eigenvalue weighted by molar-refractivity contribution is 7.89. The number of carbonyl (C=O) groups is 1. The lowest BCUT2D eigenvalue weighted by Gasteiger charge is -2.08. The van der Waals surface area contributed by atoms with Crippen molar-refractivity contribution in [3.63, 3.8) is 0 Å². The van der Waals surface area contributed by atoms with Crippen LogP contribution in [0.1, 0.15) is 17.3 Å². The predicted molar refractivity (Wildman–Crippen MR) is 65.0 cm³/mol. The third-order valence-electron chi connectivity index (χ3n) is 2.21. The van der Waals surface area contributed by atoms with Crippen LogP contribution in [0.2, 0.25) is 0 Å². The van der Waals surface area contributed by atoms with Crippen molar-refractivity contribution in [2.24, 2.45) is 0 Å². The predicted octanol–water partition coefficient (Wildman–Crippen LogP) is 0.839. The summed E-state index contributed by atoms with van der Waals surface area (Å²) < 4.78 is 44.2. The fourth-order valence-corrected chi connectivity index (χ4v) is 2.39. The minimum absolute atomic E-state index is 0.0102. The summed E-state index contributed by atoms with van der Waals surface area (Å²) in [5.41, 5.74) is -0.314. The molecule has 2 N–H and O–H groups in total. The molecule has 1 aromatic rings. The Morgan fingerprint density at radius 2 is 2.16 bits per heavy atom. The summed E-state index contributed by atoms with van der Waals surface area (Å²) in [6, 6.07) is 2.61. The molecule has 0 fully saturated rings. The summed E-state index contributed by atoms with van der Waals surface area (Å²) in [5, 5.41) is 8.66. The second-order valence-electron chi connectivity index (χ2n) is 3.55. The Morgan fingerprint density at radius 3 is 2.68 bits per heavy atom. The van der Waals surface area contributed by atoms with E-state index in [0.29, 0.717) is 12.7 Å². The third kappa shape index (κ3) is 4.27. The Morgan fingerprint density at radius 1 is 1.47 bits per heavy atom. The zero-order valence-electron chi connectivity index (χ0n) is 10.2. The lowest BCUT2D eigenvalue weighted by atomic mass is 10.2. The second kappa shape index (κ2) is 6.60. The van der Waals surface area contributed by atoms with Gasteiger partial charge in [0.25, 0.3) is 0 Å². The maximum absolute atomic E-state index is 13.6. The van der Waals surface area contributed by atoms with E-state index in [1.807, 2.05) is 0 Å². The van der Waals surface area contributed by atoms with Gasteiger partial charge in [-0.1, -0.05) is 0 Å². The van der Waals surface area contributed by atoms with Crippen molar-refractivity contribution < 1.29 is 27.4 Å². The summed E-state index contributed by atoms with van der Waals surface area (Å²) in [6.07, 6.45) is 0. The molecule has 0 amide bonds. The third-order valence-corrected chi connectivity index (χ3v) is 3.71. The first-order chi connectivity index (χ1) is 8.88. The molecule has 0 aliphatic heterocycles. The van der Waals surface area contributed by atoms with Gasteiger partial charge in [-0.25, -0.2) is 22.3 Å². The number of nitrogens with one attached hydrogen (secondary N) is 1. The van der Waals surface area contributed by atoms with Crippen molar-refractivity contribution >= 4 is 16.0 Å². The van der Waals surface area contributed by atoms with E-state index in [9.17, 15) is 17.6 Å². The van der Waals surface area contributed by atoms with Crippen molar-refractivity contribution in [2.75, 3.05) is 19.8 Å². The van der Waals surface area contributed by atoms with Crippen LogP contribution >= 0.6 is 0 Å². The largest absolute Gasteiger partial charge is 0.478 e. The zero-order chi connectivity index (χ0) is 14.5. The smallest absolute Gasteiger partial charge is 0.335 e. The molecular weight excluding hydrogens is 277 g/mol. The Labute approximate surface area is 110 Å². The number of hydrogen-bond donors (Lipinski definition) is 2. The minimum atomic E-state index is -4.01. The quantitative estimate of drug-likeness (QED) is 0.726. The van der Waals surface area contributed by atoms with Crippen molar-refractivity contribution in [1.29, 1.82) is 0 Å². The van der Waals surface area contributed by atoms with Gasteiger partial charge in [0.2, 0.25) is 10.0 Å². The van der Waals surface area contributed by atoms with E-state index < -0.39 is 26.7 Å². The normalized spacial score (nSPS) is 11.5. The molecule has 106 valence electrons. The van der Waals surface area contributed by atoms with Crippen LogP contribution in [0.25, 0.3) is 0 Å². The van der Waals surface area contributed by atoms with Crippen LogP contribution in [0.3, 0.4) is 0 Å². The molecule has 1 rings (SSSR count). The first-order valence-electron chi connectivity index (χ1n) is 5.48. The van der Waals surface area contributed by atoms with Crippen LogP contribution in [0.15, 0.2) is 23.1 Å². The molecule has 0 atom stereocenters. The lowest BCUT2D eigenvalue weighted by Crippen LogP contribution is -2.28. The number of benzene rings is 1. The lowest BCUT2D eigenvalue weighted by molar-refractivity contribution is 0.0696. The van der Waals surface area contributed by atoms with Gasteiger partial charge in [0.15, 0.2) is 0 Å². The first kappa shape index (κ1) is 15.5. The molecule has 0 spiro atoms. The molecule has 0 aliphatic rings. The molecule has 0 saturated heterocycles. The SMILES string of the molecule is CCOCCNS(=O)(=O)c1ccc(C(=O)O)cc1F. The Kier molecular flexibility index (Phi) is 5.40. The summed E-state index contributed by atoms with van der Waals surface area (Å²) in [5.74, 6) is -2.43. The molecule has 0 radical (unpaired) electrons. The summed E-state index contributed by atoms with van der Waals surface area (Å²) >= 11 is 0. The van der Waals surface area contributed by atoms with Gasteiger partial charge in [-0.15, -0.1) is 0 Å². The molecule has 0 bridgehead atoms. The molecule has 1 aromatic carbocycles. The molecule has 0 saturated carbocycles. The topological polar surface area (TPSA) is 92.7 Å². The zero-order valence-corrected chi connectivity index (χ0v) is 11.0. The van der Waals surface area contributed by atoms with E-state index in [2.05, 4.69) is 4.72 Å². The van der Waals surface area contributed by atoms with Crippen molar-refractivity contribution in [3.05, 3.63) is 29.6 Å². The second-order valence-corrected chi connectivity index (χ2v) is 5.28.